The number of esters is 1. The summed E-state index contributed by atoms with van der Waals surface area (Å²) in [4.78, 5) is 36.9. The maximum Gasteiger partial charge on any atom is 0.337 e. The van der Waals surface area contributed by atoms with Crippen LogP contribution in [-0.2, 0) is 14.3 Å². The summed E-state index contributed by atoms with van der Waals surface area (Å²) in [5.41, 5.74) is 6.40. The molecule has 0 bridgehead atoms. The van der Waals surface area contributed by atoms with Crippen LogP contribution in [0.2, 0.25) is 0 Å². The highest BCUT2D eigenvalue weighted by Crippen LogP contribution is 2.21. The first-order valence-electron chi connectivity index (χ1n) is 7.92. The monoisotopic (exact) mass is 333 g/mol. The van der Waals surface area contributed by atoms with E-state index in [-0.39, 0.29) is 30.3 Å². The molecule has 0 saturated carbocycles. The van der Waals surface area contributed by atoms with Gasteiger partial charge < -0.3 is 15.8 Å². The van der Waals surface area contributed by atoms with Gasteiger partial charge in [-0.2, -0.15) is 0 Å². The third-order valence-electron chi connectivity index (χ3n) is 4.35. The Hall–Kier alpha value is -2.41. The molecule has 1 aliphatic heterocycles. The van der Waals surface area contributed by atoms with Gasteiger partial charge in [-0.15, -0.1) is 0 Å². The number of nitrogens with two attached hydrogens (primary N) is 1. The number of nitrogens with one attached hydrogen (secondary N) is 1. The summed E-state index contributed by atoms with van der Waals surface area (Å²) in [6.45, 7) is 2.74. The number of amides is 2. The Morgan fingerprint density at radius 1 is 1.25 bits per heavy atom. The second-order valence-corrected chi connectivity index (χ2v) is 6.07. The molecule has 1 saturated heterocycles. The van der Waals surface area contributed by atoms with E-state index in [0.29, 0.717) is 17.8 Å². The van der Waals surface area contributed by atoms with Crippen molar-refractivity contribution >= 4 is 23.5 Å². The van der Waals surface area contributed by atoms with E-state index in [1.807, 2.05) is 11.8 Å². The first-order chi connectivity index (χ1) is 11.4. The van der Waals surface area contributed by atoms with Crippen LogP contribution in [0.4, 0.5) is 5.69 Å². The molecule has 1 aliphatic rings. The first-order valence-corrected chi connectivity index (χ1v) is 7.92. The summed E-state index contributed by atoms with van der Waals surface area (Å²) in [6, 6.07) is 6.71. The normalized spacial score (nSPS) is 21.1. The van der Waals surface area contributed by atoms with E-state index in [1.54, 1.807) is 24.3 Å². The number of methoxy groups -OCH3 is 1. The molecule has 1 fully saturated rings. The Bertz CT molecular complexity index is 615. The summed E-state index contributed by atoms with van der Waals surface area (Å²) >= 11 is 0. The van der Waals surface area contributed by atoms with Gasteiger partial charge in [-0.25, -0.2) is 4.79 Å². The van der Waals surface area contributed by atoms with Crippen LogP contribution < -0.4 is 11.1 Å². The number of piperidine rings is 1. The van der Waals surface area contributed by atoms with Crippen molar-refractivity contribution in [3.63, 3.8) is 0 Å². The largest absolute Gasteiger partial charge is 0.465 e. The third-order valence-corrected chi connectivity index (χ3v) is 4.35. The van der Waals surface area contributed by atoms with Crippen molar-refractivity contribution in [2.75, 3.05) is 25.5 Å². The molecule has 7 heteroatoms. The van der Waals surface area contributed by atoms with Gasteiger partial charge in [-0.3, -0.25) is 14.5 Å². The molecule has 7 nitrogen and oxygen atoms in total. The zero-order valence-electron chi connectivity index (χ0n) is 14.0. The van der Waals surface area contributed by atoms with Gasteiger partial charge in [0.15, 0.2) is 0 Å². The molecule has 130 valence electrons. The standard InChI is InChI=1S/C17H23N3O4/c1-11-3-4-13(16(18)22)9-20(11)10-15(21)19-14-7-5-12(6-8-14)17(23)24-2/h5-8,11,13H,3-4,9-10H2,1-2H3,(H2,18,22)(H,19,21)/t11-,13+/m0/s1. The molecular weight excluding hydrogens is 310 g/mol. The quantitative estimate of drug-likeness (QED) is 0.783. The minimum atomic E-state index is -0.424. The van der Waals surface area contributed by atoms with Gasteiger partial charge >= 0.3 is 5.97 Å². The number of likely N-dealkylation sites (tertiary alicyclic amines) is 1. The second kappa shape index (κ2) is 7.92. The smallest absolute Gasteiger partial charge is 0.337 e. The predicted molar refractivity (Wildman–Crippen MR) is 89.4 cm³/mol. The molecule has 0 spiro atoms. The number of rotatable bonds is 5. The Kier molecular flexibility index (Phi) is 5.92. The van der Waals surface area contributed by atoms with Crippen molar-refractivity contribution in [1.82, 2.24) is 4.90 Å². The van der Waals surface area contributed by atoms with Gasteiger partial charge in [-0.05, 0) is 44.0 Å². The number of carbonyl (C=O) groups excluding carboxylic acids is 3. The topological polar surface area (TPSA) is 102 Å². The SMILES string of the molecule is COC(=O)c1ccc(NC(=O)CN2C[C@H](C(N)=O)CC[C@@H]2C)cc1. The van der Waals surface area contributed by atoms with Crippen LogP contribution >= 0.6 is 0 Å². The molecule has 2 atom stereocenters. The molecule has 3 N–H and O–H groups in total. The average Bonchev–Trinajstić information content (AvgIpc) is 2.56. The summed E-state index contributed by atoms with van der Waals surface area (Å²) in [5, 5.41) is 2.79. The van der Waals surface area contributed by atoms with Crippen molar-refractivity contribution in [1.29, 1.82) is 0 Å². The highest BCUT2D eigenvalue weighted by Gasteiger charge is 2.29. The fourth-order valence-corrected chi connectivity index (χ4v) is 2.82. The van der Waals surface area contributed by atoms with Crippen molar-refractivity contribution in [3.8, 4) is 0 Å². The van der Waals surface area contributed by atoms with E-state index < -0.39 is 5.97 Å². The van der Waals surface area contributed by atoms with Crippen molar-refractivity contribution in [3.05, 3.63) is 29.8 Å². The van der Waals surface area contributed by atoms with Gasteiger partial charge in [0, 0.05) is 18.3 Å². The Balaban J connectivity index is 1.92. The van der Waals surface area contributed by atoms with Crippen LogP contribution in [-0.4, -0.2) is 48.9 Å². The Labute approximate surface area is 141 Å². The number of carbonyl (C=O) groups is 3. The predicted octanol–water partition coefficient (Wildman–Crippen LogP) is 0.998. The lowest BCUT2D eigenvalue weighted by molar-refractivity contribution is -0.126. The number of hydrogen-bond acceptors (Lipinski definition) is 5. The number of primary amides is 1. The fraction of sp³-hybridized carbons (Fsp3) is 0.471. The summed E-state index contributed by atoms with van der Waals surface area (Å²) in [6.07, 6.45) is 1.61. The van der Waals surface area contributed by atoms with Crippen LogP contribution in [0.1, 0.15) is 30.1 Å². The minimum Gasteiger partial charge on any atom is -0.465 e. The van der Waals surface area contributed by atoms with E-state index in [4.69, 9.17) is 5.73 Å². The van der Waals surface area contributed by atoms with E-state index in [0.717, 1.165) is 12.8 Å². The van der Waals surface area contributed by atoms with Crippen LogP contribution in [0.3, 0.4) is 0 Å². The molecule has 1 aromatic rings. The highest BCUT2D eigenvalue weighted by molar-refractivity contribution is 5.94. The minimum absolute atomic E-state index is 0.169. The number of ether oxygens (including phenoxy) is 1. The number of hydrogen-bond donors (Lipinski definition) is 2. The first kappa shape index (κ1) is 17.9. The number of benzene rings is 1. The molecule has 0 aromatic heterocycles. The summed E-state index contributed by atoms with van der Waals surface area (Å²) in [7, 11) is 1.32. The average molecular weight is 333 g/mol. The van der Waals surface area contributed by atoms with Crippen LogP contribution in [0, 0.1) is 5.92 Å². The second-order valence-electron chi connectivity index (χ2n) is 6.07. The maximum atomic E-state index is 12.2. The Morgan fingerprint density at radius 3 is 2.50 bits per heavy atom. The number of nitrogens with zero attached hydrogens (tertiary/aromatic N) is 1. The van der Waals surface area contributed by atoms with Gasteiger partial charge in [0.2, 0.25) is 11.8 Å². The van der Waals surface area contributed by atoms with Crippen molar-refractivity contribution in [2.45, 2.75) is 25.8 Å². The molecule has 1 aromatic carbocycles. The zero-order valence-corrected chi connectivity index (χ0v) is 14.0. The van der Waals surface area contributed by atoms with Gasteiger partial charge in [0.05, 0.1) is 25.1 Å². The van der Waals surface area contributed by atoms with Crippen LogP contribution in [0.5, 0.6) is 0 Å². The summed E-state index contributed by atoms with van der Waals surface area (Å²) < 4.78 is 4.63. The third kappa shape index (κ3) is 4.55. The van der Waals surface area contributed by atoms with Gasteiger partial charge in [0.1, 0.15) is 0 Å². The molecular formula is C17H23N3O4. The summed E-state index contributed by atoms with van der Waals surface area (Å²) in [5.74, 6) is -1.11. The molecule has 2 amide bonds. The number of anilines is 1. The zero-order chi connectivity index (χ0) is 17.7. The van der Waals surface area contributed by atoms with Gasteiger partial charge in [-0.1, -0.05) is 0 Å². The van der Waals surface area contributed by atoms with Crippen LogP contribution in [0.15, 0.2) is 24.3 Å². The Morgan fingerprint density at radius 2 is 1.92 bits per heavy atom. The van der Waals surface area contributed by atoms with E-state index >= 15 is 0 Å². The lowest BCUT2D eigenvalue weighted by Crippen LogP contribution is -2.48. The van der Waals surface area contributed by atoms with Crippen LogP contribution in [0.25, 0.3) is 0 Å². The van der Waals surface area contributed by atoms with Crippen molar-refractivity contribution in [2.24, 2.45) is 11.7 Å². The molecule has 2 rings (SSSR count). The molecule has 0 aliphatic carbocycles. The molecule has 0 radical (unpaired) electrons. The maximum absolute atomic E-state index is 12.2. The van der Waals surface area contributed by atoms with E-state index in [1.165, 1.54) is 7.11 Å². The lowest BCUT2D eigenvalue weighted by Gasteiger charge is -2.36. The van der Waals surface area contributed by atoms with E-state index in [2.05, 4.69) is 10.1 Å². The molecule has 1 heterocycles. The van der Waals surface area contributed by atoms with E-state index in [9.17, 15) is 14.4 Å². The lowest BCUT2D eigenvalue weighted by atomic mass is 9.93. The van der Waals surface area contributed by atoms with Crippen molar-refractivity contribution < 1.29 is 19.1 Å². The fourth-order valence-electron chi connectivity index (χ4n) is 2.82. The molecule has 0 unspecified atom stereocenters. The molecule has 24 heavy (non-hydrogen) atoms. The highest BCUT2D eigenvalue weighted by atomic mass is 16.5. The van der Waals surface area contributed by atoms with Gasteiger partial charge in [0.25, 0.3) is 0 Å².